The number of ether oxygens (including phenoxy) is 2. The number of hydrogen-bond donors (Lipinski definition) is 0. The fourth-order valence-electron chi connectivity index (χ4n) is 2.03. The Labute approximate surface area is 118 Å². The average molecular weight is 267 g/mol. The van der Waals surface area contributed by atoms with E-state index >= 15 is 0 Å². The van der Waals surface area contributed by atoms with Gasteiger partial charge in [-0.05, 0) is 26.5 Å². The van der Waals surface area contributed by atoms with Crippen LogP contribution in [0.2, 0.25) is 0 Å². The Kier molecular flexibility index (Phi) is 9.06. The Balaban J connectivity index is 0.00000154. The van der Waals surface area contributed by atoms with Crippen molar-refractivity contribution in [2.45, 2.75) is 27.2 Å². The third kappa shape index (κ3) is 5.52. The summed E-state index contributed by atoms with van der Waals surface area (Å²) in [5, 5.41) is 0. The van der Waals surface area contributed by atoms with Gasteiger partial charge < -0.3 is 14.4 Å². The number of rotatable bonds is 4. The molecule has 1 aliphatic heterocycles. The molecule has 1 saturated heterocycles. The molecular formula is C16H29NO2. The molecule has 0 bridgehead atoms. The predicted molar refractivity (Wildman–Crippen MR) is 82.0 cm³/mol. The summed E-state index contributed by atoms with van der Waals surface area (Å²) in [5.74, 6) is 2.02. The molecule has 0 aromatic heterocycles. The minimum Gasteiger partial charge on any atom is -0.498 e. The highest BCUT2D eigenvalue weighted by atomic mass is 16.5. The molecule has 19 heavy (non-hydrogen) atoms. The van der Waals surface area contributed by atoms with Gasteiger partial charge >= 0.3 is 0 Å². The van der Waals surface area contributed by atoms with Crippen LogP contribution in [0.1, 0.15) is 27.2 Å². The first kappa shape index (κ1) is 17.8. The van der Waals surface area contributed by atoms with Crippen molar-refractivity contribution >= 4 is 0 Å². The van der Waals surface area contributed by atoms with Gasteiger partial charge in [0.1, 0.15) is 5.76 Å². The molecule has 0 amide bonds. The quantitative estimate of drug-likeness (QED) is 0.574. The van der Waals surface area contributed by atoms with Crippen LogP contribution in [0, 0.1) is 5.92 Å². The van der Waals surface area contributed by atoms with E-state index in [0.29, 0.717) is 5.92 Å². The van der Waals surface area contributed by atoms with Crippen LogP contribution >= 0.6 is 0 Å². The van der Waals surface area contributed by atoms with E-state index in [1.54, 1.807) is 14.2 Å². The summed E-state index contributed by atoms with van der Waals surface area (Å²) in [7, 11) is 5.47. The van der Waals surface area contributed by atoms with Gasteiger partial charge in [0.25, 0.3) is 0 Å². The third-order valence-corrected chi connectivity index (χ3v) is 3.24. The van der Waals surface area contributed by atoms with Gasteiger partial charge in [0.05, 0.1) is 14.2 Å². The molecule has 1 aliphatic rings. The first-order valence-corrected chi connectivity index (χ1v) is 6.92. The lowest BCUT2D eigenvalue weighted by Gasteiger charge is -2.30. The van der Waals surface area contributed by atoms with Crippen LogP contribution in [-0.4, -0.2) is 39.3 Å². The summed E-state index contributed by atoms with van der Waals surface area (Å²) >= 11 is 0. The molecule has 3 nitrogen and oxygen atoms in total. The second kappa shape index (κ2) is 9.68. The SMILES string of the molecule is C=CC1CN(C)CC/C1=C/C(OC)=C(\C)OC.CC. The van der Waals surface area contributed by atoms with E-state index in [1.165, 1.54) is 5.57 Å². The molecule has 3 heteroatoms. The Morgan fingerprint density at radius 2 is 1.95 bits per heavy atom. The molecule has 0 aromatic carbocycles. The highest BCUT2D eigenvalue weighted by molar-refractivity contribution is 5.26. The monoisotopic (exact) mass is 267 g/mol. The largest absolute Gasteiger partial charge is 0.498 e. The van der Waals surface area contributed by atoms with E-state index in [0.717, 1.165) is 31.0 Å². The van der Waals surface area contributed by atoms with Crippen LogP contribution in [0.15, 0.2) is 35.8 Å². The smallest absolute Gasteiger partial charge is 0.156 e. The van der Waals surface area contributed by atoms with Crippen LogP contribution < -0.4 is 0 Å². The zero-order valence-corrected chi connectivity index (χ0v) is 13.3. The topological polar surface area (TPSA) is 21.7 Å². The molecule has 0 saturated carbocycles. The minimum atomic E-state index is 0.406. The molecule has 1 heterocycles. The summed E-state index contributed by atoms with van der Waals surface area (Å²) in [4.78, 5) is 2.32. The van der Waals surface area contributed by atoms with E-state index in [2.05, 4.69) is 24.6 Å². The lowest BCUT2D eigenvalue weighted by atomic mass is 9.91. The fraction of sp³-hybridized carbons (Fsp3) is 0.625. The number of hydrogen-bond acceptors (Lipinski definition) is 3. The second-order valence-electron chi connectivity index (χ2n) is 4.40. The van der Waals surface area contributed by atoms with Gasteiger partial charge in [0, 0.05) is 19.0 Å². The highest BCUT2D eigenvalue weighted by Crippen LogP contribution is 2.25. The molecule has 1 rings (SSSR count). The van der Waals surface area contributed by atoms with Crippen molar-refractivity contribution in [2.75, 3.05) is 34.4 Å². The summed E-state index contributed by atoms with van der Waals surface area (Å²) in [6, 6.07) is 0. The number of piperidine rings is 1. The molecule has 0 radical (unpaired) electrons. The van der Waals surface area contributed by atoms with Gasteiger partial charge in [0.15, 0.2) is 5.76 Å². The first-order valence-electron chi connectivity index (χ1n) is 6.92. The first-order chi connectivity index (χ1) is 9.12. The summed E-state index contributed by atoms with van der Waals surface area (Å²) < 4.78 is 10.6. The lowest BCUT2D eigenvalue weighted by molar-refractivity contribution is 0.230. The zero-order valence-electron chi connectivity index (χ0n) is 13.3. The summed E-state index contributed by atoms with van der Waals surface area (Å²) in [6.07, 6.45) is 5.16. The number of allylic oxidation sites excluding steroid dienone is 2. The van der Waals surface area contributed by atoms with E-state index in [9.17, 15) is 0 Å². The van der Waals surface area contributed by atoms with Gasteiger partial charge in [-0.25, -0.2) is 0 Å². The molecule has 0 N–H and O–H groups in total. The molecule has 0 aliphatic carbocycles. The highest BCUT2D eigenvalue weighted by Gasteiger charge is 2.20. The minimum absolute atomic E-state index is 0.406. The van der Waals surface area contributed by atoms with Crippen molar-refractivity contribution in [1.29, 1.82) is 0 Å². The van der Waals surface area contributed by atoms with E-state index in [4.69, 9.17) is 9.47 Å². The van der Waals surface area contributed by atoms with Crippen molar-refractivity contribution in [3.8, 4) is 0 Å². The summed E-state index contributed by atoms with van der Waals surface area (Å²) in [6.45, 7) is 11.9. The van der Waals surface area contributed by atoms with E-state index in [1.807, 2.05) is 26.8 Å². The zero-order chi connectivity index (χ0) is 14.8. The Morgan fingerprint density at radius 1 is 1.32 bits per heavy atom. The third-order valence-electron chi connectivity index (χ3n) is 3.24. The molecule has 1 unspecified atom stereocenters. The maximum Gasteiger partial charge on any atom is 0.156 e. The molecule has 0 spiro atoms. The molecule has 1 fully saturated rings. The van der Waals surface area contributed by atoms with Gasteiger partial charge in [-0.15, -0.1) is 6.58 Å². The number of methoxy groups -OCH3 is 2. The molecule has 1 atom stereocenters. The van der Waals surface area contributed by atoms with Crippen LogP contribution in [0.3, 0.4) is 0 Å². The van der Waals surface area contributed by atoms with Gasteiger partial charge in [0.2, 0.25) is 0 Å². The van der Waals surface area contributed by atoms with Crippen LogP contribution in [0.25, 0.3) is 0 Å². The maximum absolute atomic E-state index is 5.36. The Hall–Kier alpha value is -1.22. The van der Waals surface area contributed by atoms with Crippen LogP contribution in [0.5, 0.6) is 0 Å². The van der Waals surface area contributed by atoms with Gasteiger partial charge in [-0.2, -0.15) is 0 Å². The average Bonchev–Trinajstić information content (AvgIpc) is 2.47. The van der Waals surface area contributed by atoms with E-state index < -0.39 is 0 Å². The van der Waals surface area contributed by atoms with Crippen molar-refractivity contribution < 1.29 is 9.47 Å². The second-order valence-corrected chi connectivity index (χ2v) is 4.40. The number of nitrogens with zero attached hydrogens (tertiary/aromatic N) is 1. The number of likely N-dealkylation sites (tertiary alicyclic amines) is 1. The fourth-order valence-corrected chi connectivity index (χ4v) is 2.03. The van der Waals surface area contributed by atoms with Gasteiger partial charge in [-0.3, -0.25) is 0 Å². The van der Waals surface area contributed by atoms with Crippen molar-refractivity contribution in [3.63, 3.8) is 0 Å². The normalized spacial score (nSPS) is 23.1. The van der Waals surface area contributed by atoms with Crippen molar-refractivity contribution in [3.05, 3.63) is 35.8 Å². The lowest BCUT2D eigenvalue weighted by Crippen LogP contribution is -2.32. The van der Waals surface area contributed by atoms with Gasteiger partial charge in [-0.1, -0.05) is 25.5 Å². The van der Waals surface area contributed by atoms with Crippen LogP contribution in [-0.2, 0) is 9.47 Å². The Morgan fingerprint density at radius 3 is 2.42 bits per heavy atom. The molecular weight excluding hydrogens is 238 g/mol. The van der Waals surface area contributed by atoms with Crippen LogP contribution in [0.4, 0.5) is 0 Å². The summed E-state index contributed by atoms with van der Waals surface area (Å²) in [5.41, 5.74) is 1.37. The van der Waals surface area contributed by atoms with Crippen molar-refractivity contribution in [1.82, 2.24) is 4.90 Å². The molecule has 110 valence electrons. The predicted octanol–water partition coefficient (Wildman–Crippen LogP) is 3.60. The Bertz CT molecular complexity index is 332. The van der Waals surface area contributed by atoms with E-state index in [-0.39, 0.29) is 0 Å². The van der Waals surface area contributed by atoms with Crippen molar-refractivity contribution in [2.24, 2.45) is 5.92 Å². The standard InChI is InChI=1S/C14H23NO2.C2H6/c1-6-12-10-15(3)8-7-13(12)9-14(17-5)11(2)16-4;1-2/h6,9,12H,1,7-8,10H2,2-5H3;1-2H3/b13-9-,14-11-;. The molecule has 0 aromatic rings. The maximum atomic E-state index is 5.36.